The minimum atomic E-state index is -0.378. The first kappa shape index (κ1) is 52.9. The fourth-order valence-electron chi connectivity index (χ4n) is 12.9. The number of hydrogen-bond acceptors (Lipinski definition) is 7. The van der Waals surface area contributed by atoms with Crippen LogP contribution in [0.4, 0.5) is 5.69 Å². The van der Waals surface area contributed by atoms with E-state index in [0.29, 0.717) is 29.2 Å². The van der Waals surface area contributed by atoms with E-state index in [-0.39, 0.29) is 18.1 Å². The highest BCUT2D eigenvalue weighted by atomic mass is 15.5. The van der Waals surface area contributed by atoms with Crippen LogP contribution in [0.25, 0.3) is 78.7 Å². The maximum Gasteiger partial charge on any atom is 0.210 e. The molecular formula is C80H61N7. The van der Waals surface area contributed by atoms with E-state index in [9.17, 15) is 0 Å². The molecule has 4 unspecified atom stereocenters. The summed E-state index contributed by atoms with van der Waals surface area (Å²) in [5.41, 5.74) is 19.9. The molecule has 0 saturated heterocycles. The molecule has 0 amide bonds. The molecule has 2 aliphatic heterocycles. The number of rotatable bonds is 11. The van der Waals surface area contributed by atoms with Crippen molar-refractivity contribution in [3.8, 4) is 67.5 Å². The molecule has 87 heavy (non-hydrogen) atoms. The molecule has 3 heterocycles. The summed E-state index contributed by atoms with van der Waals surface area (Å²) in [7, 11) is 2.15. The largest absolute Gasteiger partial charge is 0.319 e. The van der Waals surface area contributed by atoms with Gasteiger partial charge in [-0.3, -0.25) is 0 Å². The number of aromatic nitrogens is 3. The van der Waals surface area contributed by atoms with E-state index in [0.717, 1.165) is 80.1 Å². The monoisotopic (exact) mass is 1120 g/mol. The van der Waals surface area contributed by atoms with Crippen molar-refractivity contribution in [3.05, 3.63) is 337 Å². The lowest BCUT2D eigenvalue weighted by molar-refractivity contribution is 0.373. The van der Waals surface area contributed by atoms with Crippen molar-refractivity contribution in [2.75, 3.05) is 11.9 Å². The summed E-state index contributed by atoms with van der Waals surface area (Å²) in [6.45, 7) is 0. The number of fused-ring (bicyclic) bond motifs is 3. The Bertz CT molecular complexity index is 4560. The molecule has 10 aromatic rings. The third-order valence-corrected chi connectivity index (χ3v) is 17.2. The first-order valence-corrected chi connectivity index (χ1v) is 30.1. The van der Waals surface area contributed by atoms with E-state index in [1.807, 2.05) is 24.3 Å². The van der Waals surface area contributed by atoms with Gasteiger partial charge in [-0.15, -0.1) is 0 Å². The van der Waals surface area contributed by atoms with Crippen LogP contribution in [-0.2, 0) is 0 Å². The van der Waals surface area contributed by atoms with Gasteiger partial charge in [0.25, 0.3) is 0 Å². The third kappa shape index (κ3) is 10.5. The van der Waals surface area contributed by atoms with E-state index in [1.54, 1.807) is 0 Å². The highest BCUT2D eigenvalue weighted by Crippen LogP contribution is 2.51. The number of aliphatic imine (C=N–C) groups is 2. The maximum absolute atomic E-state index is 5.60. The van der Waals surface area contributed by atoms with Gasteiger partial charge in [0.15, 0.2) is 29.5 Å². The lowest BCUT2D eigenvalue weighted by atomic mass is 9.83. The Morgan fingerprint density at radius 2 is 0.977 bits per heavy atom. The van der Waals surface area contributed by atoms with Crippen LogP contribution in [0.2, 0.25) is 0 Å². The molecule has 7 nitrogen and oxygen atoms in total. The summed E-state index contributed by atoms with van der Waals surface area (Å²) in [4.78, 5) is 31.6. The van der Waals surface area contributed by atoms with Gasteiger partial charge in [0.1, 0.15) is 0 Å². The van der Waals surface area contributed by atoms with Gasteiger partial charge in [-0.05, 0) is 116 Å². The molecule has 0 fully saturated rings. The maximum atomic E-state index is 5.60. The minimum Gasteiger partial charge on any atom is -0.319 e. The molecule has 4 atom stereocenters. The van der Waals surface area contributed by atoms with E-state index in [4.69, 9.17) is 24.9 Å². The Morgan fingerprint density at radius 1 is 0.425 bits per heavy atom. The van der Waals surface area contributed by atoms with Crippen molar-refractivity contribution >= 4 is 28.6 Å². The molecule has 0 spiro atoms. The standard InChI is InChI=1S/C80H61N7/c1-86-79(69-43-21-39-64(51-69)62-37-19-35-60(49-62)55-26-10-4-11-27-55)84-76(58-32-16-7-17-33-58)85-80(86)87-72-47-46-65(56-28-12-5-13-29-56)53-71(72)74-70(44-23-45-73(74)87)66-40-22-42-68(52-66)78-82-75(57-30-14-6-15-31-57)81-77(83-78)67-41-20-38-63(50-67)61-36-18-34-59(48-61)54-24-8-2-3-9-25-54/h2-8,10-26,28-53,55,71-72,79H,9,27H2,1H3. The number of amidine groups is 1. The summed E-state index contributed by atoms with van der Waals surface area (Å²) in [5, 5.41) is 0. The van der Waals surface area contributed by atoms with Crippen molar-refractivity contribution in [1.82, 2.24) is 19.9 Å². The minimum absolute atomic E-state index is 0.0439. The second-order valence-corrected chi connectivity index (χ2v) is 22.7. The molecule has 0 N–H and O–H groups in total. The fraction of sp³-hybridized carbons (Fsp3) is 0.0875. The fourth-order valence-corrected chi connectivity index (χ4v) is 12.9. The van der Waals surface area contributed by atoms with Crippen molar-refractivity contribution in [2.45, 2.75) is 36.9 Å². The summed E-state index contributed by atoms with van der Waals surface area (Å²) >= 11 is 0. The molecule has 0 saturated carbocycles. The lowest BCUT2D eigenvalue weighted by Crippen LogP contribution is -2.49. The zero-order chi connectivity index (χ0) is 58.0. The molecule has 0 bridgehead atoms. The molecule has 1 aromatic heterocycles. The molecule has 0 radical (unpaired) electrons. The van der Waals surface area contributed by atoms with Gasteiger partial charge in [0.05, 0.1) is 6.04 Å². The van der Waals surface area contributed by atoms with Crippen molar-refractivity contribution < 1.29 is 0 Å². The lowest BCUT2D eigenvalue weighted by Gasteiger charge is -2.39. The Labute approximate surface area is 508 Å². The zero-order valence-electron chi connectivity index (χ0n) is 48.2. The van der Waals surface area contributed by atoms with Gasteiger partial charge in [0, 0.05) is 46.8 Å². The van der Waals surface area contributed by atoms with Gasteiger partial charge in [0.2, 0.25) is 5.96 Å². The molecule has 5 aliphatic rings. The molecule has 9 aromatic carbocycles. The first-order valence-electron chi connectivity index (χ1n) is 30.1. The summed E-state index contributed by atoms with van der Waals surface area (Å²) in [6.07, 6.45) is 28.4. The van der Waals surface area contributed by atoms with E-state index in [2.05, 4.69) is 296 Å². The Kier molecular flexibility index (Phi) is 14.2. The van der Waals surface area contributed by atoms with Crippen molar-refractivity contribution in [2.24, 2.45) is 9.98 Å². The van der Waals surface area contributed by atoms with Crippen LogP contribution in [0.5, 0.6) is 0 Å². The SMILES string of the molecule is CN1C(N2c3cccc(-c4cccc(-c5nc(-c6ccccc6)nc(-c6cccc(-c7cccc(C8=CCC=CC=C8)c7)c6)n5)c4)c3C3C=C(c4ccccc4)C=CC32)=NC(c2ccccc2)=NC1c1cccc(-c2cccc(C3C=CC=CC3)c2)c1. The van der Waals surface area contributed by atoms with Crippen LogP contribution in [-0.4, -0.2) is 44.7 Å². The highest BCUT2D eigenvalue weighted by Gasteiger charge is 2.44. The summed E-state index contributed by atoms with van der Waals surface area (Å²) in [5.74, 6) is 3.65. The number of anilines is 1. The second kappa shape index (κ2) is 23.3. The molecule has 7 heteroatoms. The van der Waals surface area contributed by atoms with Crippen LogP contribution >= 0.6 is 0 Å². The normalized spacial score (nSPS) is 18.3. The second-order valence-electron chi connectivity index (χ2n) is 22.7. The first-order chi connectivity index (χ1) is 43.0. The van der Waals surface area contributed by atoms with Gasteiger partial charge in [-0.25, -0.2) is 19.9 Å². The number of hydrogen-bond donors (Lipinski definition) is 0. The summed E-state index contributed by atoms with van der Waals surface area (Å²) < 4.78 is 0. The van der Waals surface area contributed by atoms with Crippen molar-refractivity contribution in [1.29, 1.82) is 0 Å². The van der Waals surface area contributed by atoms with Crippen LogP contribution in [0, 0.1) is 0 Å². The smallest absolute Gasteiger partial charge is 0.210 e. The quantitative estimate of drug-likeness (QED) is 0.129. The zero-order valence-corrected chi connectivity index (χ0v) is 48.2. The van der Waals surface area contributed by atoms with Gasteiger partial charge in [-0.2, -0.15) is 4.99 Å². The number of guanidine groups is 1. The van der Waals surface area contributed by atoms with E-state index in [1.165, 1.54) is 39.0 Å². The average Bonchev–Trinajstić information content (AvgIpc) is 1.66. The van der Waals surface area contributed by atoms with E-state index < -0.39 is 0 Å². The molecule has 15 rings (SSSR count). The Hall–Kier alpha value is -10.9. The van der Waals surface area contributed by atoms with Crippen LogP contribution in [0.1, 0.15) is 64.2 Å². The van der Waals surface area contributed by atoms with Crippen LogP contribution in [0.3, 0.4) is 0 Å². The van der Waals surface area contributed by atoms with Gasteiger partial charge >= 0.3 is 0 Å². The topological polar surface area (TPSA) is 69.9 Å². The van der Waals surface area contributed by atoms with E-state index >= 15 is 0 Å². The predicted molar refractivity (Wildman–Crippen MR) is 359 cm³/mol. The average molecular weight is 1120 g/mol. The van der Waals surface area contributed by atoms with Gasteiger partial charge in [-0.1, -0.05) is 273 Å². The Morgan fingerprint density at radius 3 is 1.68 bits per heavy atom. The Balaban J connectivity index is 0.830. The van der Waals surface area contributed by atoms with Crippen LogP contribution in [0.15, 0.2) is 313 Å². The predicted octanol–water partition coefficient (Wildman–Crippen LogP) is 18.7. The number of benzene rings is 9. The van der Waals surface area contributed by atoms with Gasteiger partial charge < -0.3 is 9.80 Å². The number of nitrogens with zero attached hydrogens (tertiary/aromatic N) is 7. The third-order valence-electron chi connectivity index (χ3n) is 17.2. The van der Waals surface area contributed by atoms with Crippen LogP contribution < -0.4 is 4.90 Å². The molecule has 416 valence electrons. The summed E-state index contributed by atoms with van der Waals surface area (Å²) in [6, 6.07) is 82.0. The highest BCUT2D eigenvalue weighted by molar-refractivity contribution is 6.13. The number of allylic oxidation sites excluding steroid dienone is 12. The molecular weight excluding hydrogens is 1060 g/mol. The molecule has 3 aliphatic carbocycles. The van der Waals surface area contributed by atoms with Crippen molar-refractivity contribution in [3.63, 3.8) is 0 Å².